The van der Waals surface area contributed by atoms with Gasteiger partial charge in [0, 0.05) is 32.8 Å². The van der Waals surface area contributed by atoms with E-state index in [-0.39, 0.29) is 18.4 Å². The van der Waals surface area contributed by atoms with Gasteiger partial charge in [0.05, 0.1) is 18.0 Å². The first-order valence-electron chi connectivity index (χ1n) is 10.4. The van der Waals surface area contributed by atoms with Gasteiger partial charge in [-0.1, -0.05) is 19.3 Å². The molecule has 0 heterocycles. The Labute approximate surface area is 179 Å². The van der Waals surface area contributed by atoms with E-state index in [1.54, 1.807) is 26.2 Å². The van der Waals surface area contributed by atoms with Gasteiger partial charge in [-0.05, 0) is 43.5 Å². The van der Waals surface area contributed by atoms with E-state index in [0.29, 0.717) is 36.9 Å². The number of carbonyl (C=O) groups excluding carboxylic acids is 2. The molecule has 1 aliphatic carbocycles. The quantitative estimate of drug-likeness (QED) is 0.563. The molecule has 1 aromatic rings. The number of nitrogens with zero attached hydrogens (tertiary/aromatic N) is 2. The van der Waals surface area contributed by atoms with Crippen LogP contribution in [0.5, 0.6) is 0 Å². The van der Waals surface area contributed by atoms with Crippen LogP contribution in [0, 0.1) is 0 Å². The minimum Gasteiger partial charge on any atom is -0.378 e. The fourth-order valence-corrected chi connectivity index (χ4v) is 4.25. The predicted octanol–water partition coefficient (Wildman–Crippen LogP) is 2.01. The molecular formula is C21H33N3O5S. The standard InChI is InChI=1S/C21H33N3O5S/c1-23(2)21(26)17-10-12-18(13-11-17)24(30(3,27)28)16-20(25)22-14-7-15-29-19-8-5-4-6-9-19/h10-13,19H,4-9,14-16H2,1-3H3,(H,22,25). The number of hydrogen-bond donors (Lipinski definition) is 1. The first kappa shape index (κ1) is 24.1. The normalized spacial score (nSPS) is 14.9. The molecule has 2 rings (SSSR count). The lowest BCUT2D eigenvalue weighted by molar-refractivity contribution is -0.119. The van der Waals surface area contributed by atoms with Crippen molar-refractivity contribution in [1.82, 2.24) is 10.2 Å². The second-order valence-corrected chi connectivity index (χ2v) is 9.76. The molecule has 0 saturated heterocycles. The summed E-state index contributed by atoms with van der Waals surface area (Å²) < 4.78 is 31.3. The van der Waals surface area contributed by atoms with Crippen molar-refractivity contribution in [3.8, 4) is 0 Å². The van der Waals surface area contributed by atoms with Crippen molar-refractivity contribution >= 4 is 27.5 Å². The molecule has 1 saturated carbocycles. The van der Waals surface area contributed by atoms with Crippen LogP contribution < -0.4 is 9.62 Å². The summed E-state index contributed by atoms with van der Waals surface area (Å²) in [5.74, 6) is -0.563. The minimum absolute atomic E-state index is 0.180. The van der Waals surface area contributed by atoms with E-state index < -0.39 is 10.0 Å². The van der Waals surface area contributed by atoms with Gasteiger partial charge >= 0.3 is 0 Å². The molecule has 168 valence electrons. The zero-order valence-corrected chi connectivity index (χ0v) is 18.9. The lowest BCUT2D eigenvalue weighted by Crippen LogP contribution is -2.40. The fraction of sp³-hybridized carbons (Fsp3) is 0.619. The van der Waals surface area contributed by atoms with Crippen LogP contribution in [0.15, 0.2) is 24.3 Å². The number of nitrogens with one attached hydrogen (secondary N) is 1. The number of anilines is 1. The molecule has 0 aliphatic heterocycles. The highest BCUT2D eigenvalue weighted by atomic mass is 32.2. The van der Waals surface area contributed by atoms with Gasteiger partial charge in [-0.2, -0.15) is 0 Å². The molecule has 1 N–H and O–H groups in total. The number of rotatable bonds is 10. The van der Waals surface area contributed by atoms with Crippen LogP contribution >= 0.6 is 0 Å². The lowest BCUT2D eigenvalue weighted by atomic mass is 9.98. The molecule has 0 unspecified atom stereocenters. The Morgan fingerprint density at radius 2 is 1.73 bits per heavy atom. The molecule has 1 aromatic carbocycles. The van der Waals surface area contributed by atoms with E-state index >= 15 is 0 Å². The SMILES string of the molecule is CN(C)C(=O)c1ccc(N(CC(=O)NCCCOC2CCCCC2)S(C)(=O)=O)cc1. The molecule has 0 atom stereocenters. The maximum absolute atomic E-state index is 12.3. The first-order valence-corrected chi connectivity index (χ1v) is 12.2. The highest BCUT2D eigenvalue weighted by Crippen LogP contribution is 2.20. The predicted molar refractivity (Wildman–Crippen MR) is 117 cm³/mol. The molecule has 0 spiro atoms. The van der Waals surface area contributed by atoms with Gasteiger partial charge in [-0.25, -0.2) is 8.42 Å². The van der Waals surface area contributed by atoms with E-state index in [1.807, 2.05) is 0 Å². The van der Waals surface area contributed by atoms with E-state index in [4.69, 9.17) is 4.74 Å². The maximum Gasteiger partial charge on any atom is 0.253 e. The van der Waals surface area contributed by atoms with Gasteiger partial charge < -0.3 is 15.0 Å². The Balaban J connectivity index is 1.85. The topological polar surface area (TPSA) is 96.0 Å². The van der Waals surface area contributed by atoms with Crippen molar-refractivity contribution in [2.75, 3.05) is 44.4 Å². The largest absolute Gasteiger partial charge is 0.378 e. The van der Waals surface area contributed by atoms with Crippen LogP contribution in [0.4, 0.5) is 5.69 Å². The number of benzene rings is 1. The number of ether oxygens (including phenoxy) is 1. The molecule has 1 fully saturated rings. The molecule has 2 amide bonds. The van der Waals surface area contributed by atoms with Gasteiger partial charge in [-0.15, -0.1) is 0 Å². The molecule has 9 heteroatoms. The summed E-state index contributed by atoms with van der Waals surface area (Å²) >= 11 is 0. The van der Waals surface area contributed by atoms with Crippen LogP contribution in [0.1, 0.15) is 48.9 Å². The van der Waals surface area contributed by atoms with Crippen molar-refractivity contribution < 1.29 is 22.7 Å². The molecule has 0 radical (unpaired) electrons. The van der Waals surface area contributed by atoms with Gasteiger partial charge in [0.15, 0.2) is 0 Å². The zero-order chi connectivity index (χ0) is 22.1. The van der Waals surface area contributed by atoms with E-state index in [9.17, 15) is 18.0 Å². The van der Waals surface area contributed by atoms with Crippen LogP contribution in [0.2, 0.25) is 0 Å². The minimum atomic E-state index is -3.66. The monoisotopic (exact) mass is 439 g/mol. The Morgan fingerprint density at radius 3 is 2.30 bits per heavy atom. The lowest BCUT2D eigenvalue weighted by Gasteiger charge is -2.23. The number of hydrogen-bond acceptors (Lipinski definition) is 5. The third-order valence-corrected chi connectivity index (χ3v) is 6.19. The highest BCUT2D eigenvalue weighted by Gasteiger charge is 2.21. The number of amides is 2. The summed E-state index contributed by atoms with van der Waals surface area (Å²) in [5, 5.41) is 2.75. The van der Waals surface area contributed by atoms with Crippen LogP contribution in [-0.2, 0) is 19.6 Å². The molecule has 8 nitrogen and oxygen atoms in total. The van der Waals surface area contributed by atoms with Crippen molar-refractivity contribution in [2.24, 2.45) is 0 Å². The second-order valence-electron chi connectivity index (χ2n) is 7.85. The smallest absolute Gasteiger partial charge is 0.253 e. The van der Waals surface area contributed by atoms with Gasteiger partial charge in [0.25, 0.3) is 5.91 Å². The van der Waals surface area contributed by atoms with Crippen LogP contribution in [0.25, 0.3) is 0 Å². The van der Waals surface area contributed by atoms with E-state index in [0.717, 1.165) is 23.4 Å². The van der Waals surface area contributed by atoms with Crippen molar-refractivity contribution in [1.29, 1.82) is 0 Å². The summed E-state index contributed by atoms with van der Waals surface area (Å²) in [6, 6.07) is 6.17. The first-order chi connectivity index (χ1) is 14.2. The number of sulfonamides is 1. The van der Waals surface area contributed by atoms with Gasteiger partial charge in [-0.3, -0.25) is 13.9 Å². The van der Waals surface area contributed by atoms with E-state index in [1.165, 1.54) is 36.3 Å². The zero-order valence-electron chi connectivity index (χ0n) is 18.1. The number of carbonyl (C=O) groups is 2. The summed E-state index contributed by atoms with van der Waals surface area (Å²) in [6.45, 7) is 0.699. The summed E-state index contributed by atoms with van der Waals surface area (Å²) in [6.07, 6.45) is 7.99. The Bertz CT molecular complexity index is 802. The molecular weight excluding hydrogens is 406 g/mol. The van der Waals surface area contributed by atoms with Crippen molar-refractivity contribution in [2.45, 2.75) is 44.6 Å². The average molecular weight is 440 g/mol. The summed E-state index contributed by atoms with van der Waals surface area (Å²) in [7, 11) is -0.375. The fourth-order valence-electron chi connectivity index (χ4n) is 3.40. The third-order valence-electron chi connectivity index (χ3n) is 5.04. The maximum atomic E-state index is 12.3. The molecule has 0 aromatic heterocycles. The molecule has 30 heavy (non-hydrogen) atoms. The Kier molecular flexibility index (Phi) is 9.10. The summed E-state index contributed by atoms with van der Waals surface area (Å²) in [5.41, 5.74) is 0.781. The highest BCUT2D eigenvalue weighted by molar-refractivity contribution is 7.92. The van der Waals surface area contributed by atoms with Crippen molar-refractivity contribution in [3.63, 3.8) is 0 Å². The molecule has 0 bridgehead atoms. The van der Waals surface area contributed by atoms with Gasteiger partial charge in [0.2, 0.25) is 15.9 Å². The Morgan fingerprint density at radius 1 is 1.10 bits per heavy atom. The Hall–Kier alpha value is -2.13. The van der Waals surface area contributed by atoms with Gasteiger partial charge in [0.1, 0.15) is 6.54 Å². The second kappa shape index (κ2) is 11.3. The third kappa shape index (κ3) is 7.60. The van der Waals surface area contributed by atoms with E-state index in [2.05, 4.69) is 5.32 Å². The van der Waals surface area contributed by atoms with Crippen molar-refractivity contribution in [3.05, 3.63) is 29.8 Å². The average Bonchev–Trinajstić information content (AvgIpc) is 2.71. The van der Waals surface area contributed by atoms with Crippen LogP contribution in [-0.4, -0.2) is 71.3 Å². The summed E-state index contributed by atoms with van der Waals surface area (Å²) in [4.78, 5) is 25.7. The molecule has 1 aliphatic rings. The van der Waals surface area contributed by atoms with Crippen LogP contribution in [0.3, 0.4) is 0 Å².